The van der Waals surface area contributed by atoms with Crippen LogP contribution in [0.3, 0.4) is 0 Å². The predicted molar refractivity (Wildman–Crippen MR) is 83.9 cm³/mol. The SMILES string of the molecule is Cc1ccc2oc(C(O)c3cccc(Br)c3C)cc2c1. The van der Waals surface area contributed by atoms with Crippen LogP contribution in [0.2, 0.25) is 0 Å². The molecule has 0 aliphatic heterocycles. The lowest BCUT2D eigenvalue weighted by Crippen LogP contribution is -2.00. The fourth-order valence-corrected chi connectivity index (χ4v) is 2.77. The summed E-state index contributed by atoms with van der Waals surface area (Å²) in [5, 5.41) is 11.6. The molecule has 2 nitrogen and oxygen atoms in total. The van der Waals surface area contributed by atoms with Gasteiger partial charge in [0.25, 0.3) is 0 Å². The van der Waals surface area contributed by atoms with Gasteiger partial charge in [0.2, 0.25) is 0 Å². The molecule has 1 N–H and O–H groups in total. The maximum Gasteiger partial charge on any atom is 0.138 e. The molecule has 3 heteroatoms. The third kappa shape index (κ3) is 2.28. The second-order valence-corrected chi connectivity index (χ2v) is 5.90. The first-order chi connectivity index (χ1) is 9.56. The molecule has 0 aliphatic rings. The summed E-state index contributed by atoms with van der Waals surface area (Å²) in [4.78, 5) is 0. The van der Waals surface area contributed by atoms with Crippen LogP contribution in [-0.4, -0.2) is 5.11 Å². The van der Waals surface area contributed by atoms with Crippen molar-refractivity contribution in [2.75, 3.05) is 0 Å². The van der Waals surface area contributed by atoms with E-state index >= 15 is 0 Å². The van der Waals surface area contributed by atoms with Crippen molar-refractivity contribution < 1.29 is 9.52 Å². The zero-order valence-electron chi connectivity index (χ0n) is 11.4. The molecular formula is C17H15BrO2. The molecule has 0 aliphatic carbocycles. The normalized spacial score (nSPS) is 12.8. The number of fused-ring (bicyclic) bond motifs is 1. The topological polar surface area (TPSA) is 33.4 Å². The van der Waals surface area contributed by atoms with Gasteiger partial charge in [-0.25, -0.2) is 0 Å². The minimum atomic E-state index is -0.750. The first-order valence-electron chi connectivity index (χ1n) is 6.49. The van der Waals surface area contributed by atoms with Crippen molar-refractivity contribution in [3.8, 4) is 0 Å². The van der Waals surface area contributed by atoms with Crippen LogP contribution in [0, 0.1) is 13.8 Å². The van der Waals surface area contributed by atoms with Crippen LogP contribution in [0.15, 0.2) is 51.4 Å². The first-order valence-corrected chi connectivity index (χ1v) is 7.29. The minimum absolute atomic E-state index is 0.576. The van der Waals surface area contributed by atoms with E-state index in [1.54, 1.807) is 0 Å². The third-order valence-corrected chi connectivity index (χ3v) is 4.42. The Kier molecular flexibility index (Phi) is 3.40. The van der Waals surface area contributed by atoms with Crippen molar-refractivity contribution in [1.82, 2.24) is 0 Å². The highest BCUT2D eigenvalue weighted by atomic mass is 79.9. The molecule has 3 aromatic rings. The second-order valence-electron chi connectivity index (χ2n) is 5.05. The molecule has 0 saturated carbocycles. The molecular weight excluding hydrogens is 316 g/mol. The van der Waals surface area contributed by atoms with Gasteiger partial charge >= 0.3 is 0 Å². The summed E-state index contributed by atoms with van der Waals surface area (Å²) in [6.45, 7) is 4.02. The number of rotatable bonds is 2. The van der Waals surface area contributed by atoms with Crippen molar-refractivity contribution in [2.45, 2.75) is 20.0 Å². The molecule has 1 unspecified atom stereocenters. The zero-order valence-corrected chi connectivity index (χ0v) is 12.9. The lowest BCUT2D eigenvalue weighted by Gasteiger charge is -2.12. The average Bonchev–Trinajstić information content (AvgIpc) is 2.84. The Hall–Kier alpha value is -1.58. The quantitative estimate of drug-likeness (QED) is 0.725. The number of halogens is 1. The summed E-state index contributed by atoms with van der Waals surface area (Å²) < 4.78 is 6.76. The van der Waals surface area contributed by atoms with Gasteiger partial charge in [-0.1, -0.05) is 39.7 Å². The fourth-order valence-electron chi connectivity index (χ4n) is 2.39. The Morgan fingerprint density at radius 1 is 1.10 bits per heavy atom. The molecule has 3 rings (SSSR count). The Bertz CT molecular complexity index is 774. The number of hydrogen-bond acceptors (Lipinski definition) is 2. The molecule has 1 aromatic heterocycles. The maximum absolute atomic E-state index is 10.6. The lowest BCUT2D eigenvalue weighted by molar-refractivity contribution is 0.191. The fraction of sp³-hybridized carbons (Fsp3) is 0.176. The summed E-state index contributed by atoms with van der Waals surface area (Å²) >= 11 is 3.49. The van der Waals surface area contributed by atoms with Crippen LogP contribution in [-0.2, 0) is 0 Å². The zero-order chi connectivity index (χ0) is 14.3. The molecule has 0 radical (unpaired) electrons. The Morgan fingerprint density at radius 3 is 2.70 bits per heavy atom. The summed E-state index contributed by atoms with van der Waals surface area (Å²) in [6, 6.07) is 13.7. The molecule has 20 heavy (non-hydrogen) atoms. The first kappa shape index (κ1) is 13.4. The molecule has 0 bridgehead atoms. The smallest absolute Gasteiger partial charge is 0.138 e. The van der Waals surface area contributed by atoms with E-state index in [0.717, 1.165) is 26.6 Å². The van der Waals surface area contributed by atoms with Crippen LogP contribution < -0.4 is 0 Å². The molecule has 0 saturated heterocycles. The number of furan rings is 1. The maximum atomic E-state index is 10.6. The standard InChI is InChI=1S/C17H15BrO2/c1-10-6-7-15-12(8-10)9-16(20-15)17(19)13-4-3-5-14(18)11(13)2/h3-9,17,19H,1-2H3. The van der Waals surface area contributed by atoms with E-state index in [-0.39, 0.29) is 0 Å². The van der Waals surface area contributed by atoms with Gasteiger partial charge in [-0.15, -0.1) is 0 Å². The third-order valence-electron chi connectivity index (χ3n) is 3.56. The Morgan fingerprint density at radius 2 is 1.90 bits per heavy atom. The van der Waals surface area contributed by atoms with E-state index in [4.69, 9.17) is 4.42 Å². The number of aliphatic hydroxyl groups excluding tert-OH is 1. The molecule has 0 fully saturated rings. The molecule has 2 aromatic carbocycles. The highest BCUT2D eigenvalue weighted by Crippen LogP contribution is 2.32. The van der Waals surface area contributed by atoms with E-state index < -0.39 is 6.10 Å². The van der Waals surface area contributed by atoms with Gasteiger partial charge in [0, 0.05) is 9.86 Å². The highest BCUT2D eigenvalue weighted by molar-refractivity contribution is 9.10. The van der Waals surface area contributed by atoms with Gasteiger partial charge in [0.1, 0.15) is 17.4 Å². The molecule has 1 heterocycles. The predicted octanol–water partition coefficient (Wildman–Crippen LogP) is 4.89. The lowest BCUT2D eigenvalue weighted by atomic mass is 10.0. The molecule has 0 amide bonds. The van der Waals surface area contributed by atoms with Gasteiger partial charge in [-0.2, -0.15) is 0 Å². The number of hydrogen-bond donors (Lipinski definition) is 1. The number of aryl methyl sites for hydroxylation is 1. The highest BCUT2D eigenvalue weighted by Gasteiger charge is 2.18. The van der Waals surface area contributed by atoms with Crippen LogP contribution in [0.1, 0.15) is 28.6 Å². The van der Waals surface area contributed by atoms with Crippen LogP contribution in [0.5, 0.6) is 0 Å². The van der Waals surface area contributed by atoms with Crippen molar-refractivity contribution in [3.05, 3.63) is 69.4 Å². The largest absolute Gasteiger partial charge is 0.458 e. The Labute approximate surface area is 126 Å². The van der Waals surface area contributed by atoms with Gasteiger partial charge in [-0.05, 0) is 49.2 Å². The summed E-state index contributed by atoms with van der Waals surface area (Å²) in [6.07, 6.45) is -0.750. The Balaban J connectivity index is 2.08. The molecule has 1 atom stereocenters. The van der Waals surface area contributed by atoms with Gasteiger partial charge < -0.3 is 9.52 Å². The van der Waals surface area contributed by atoms with E-state index in [1.807, 2.05) is 50.2 Å². The van der Waals surface area contributed by atoms with Crippen molar-refractivity contribution in [1.29, 1.82) is 0 Å². The summed E-state index contributed by atoms with van der Waals surface area (Å²) in [7, 11) is 0. The number of aliphatic hydroxyl groups is 1. The minimum Gasteiger partial charge on any atom is -0.458 e. The van der Waals surface area contributed by atoms with Gasteiger partial charge in [0.05, 0.1) is 0 Å². The number of benzene rings is 2. The van der Waals surface area contributed by atoms with Crippen molar-refractivity contribution >= 4 is 26.9 Å². The second kappa shape index (κ2) is 5.08. The van der Waals surface area contributed by atoms with E-state index in [9.17, 15) is 5.11 Å². The van der Waals surface area contributed by atoms with Crippen molar-refractivity contribution in [3.63, 3.8) is 0 Å². The van der Waals surface area contributed by atoms with Gasteiger partial charge in [0.15, 0.2) is 0 Å². The van der Waals surface area contributed by atoms with Crippen LogP contribution in [0.4, 0.5) is 0 Å². The van der Waals surface area contributed by atoms with E-state index in [0.29, 0.717) is 5.76 Å². The van der Waals surface area contributed by atoms with Crippen LogP contribution >= 0.6 is 15.9 Å². The van der Waals surface area contributed by atoms with Crippen molar-refractivity contribution in [2.24, 2.45) is 0 Å². The van der Waals surface area contributed by atoms with E-state index in [1.165, 1.54) is 5.56 Å². The molecule has 102 valence electrons. The van der Waals surface area contributed by atoms with E-state index in [2.05, 4.69) is 22.0 Å². The summed E-state index contributed by atoms with van der Waals surface area (Å²) in [5.74, 6) is 0.576. The average molecular weight is 331 g/mol. The summed E-state index contributed by atoms with van der Waals surface area (Å²) in [5.41, 5.74) is 3.86. The monoisotopic (exact) mass is 330 g/mol. The van der Waals surface area contributed by atoms with Crippen LogP contribution in [0.25, 0.3) is 11.0 Å². The molecule has 0 spiro atoms. The van der Waals surface area contributed by atoms with Gasteiger partial charge in [-0.3, -0.25) is 0 Å².